The van der Waals surface area contributed by atoms with E-state index in [1.807, 2.05) is 55.7 Å². The molecular weight excluding hydrogens is 278 g/mol. The molecule has 0 bridgehead atoms. The minimum Gasteiger partial charge on any atom is -0.389 e. The van der Waals surface area contributed by atoms with E-state index in [1.165, 1.54) is 0 Å². The topological polar surface area (TPSA) is 42.2 Å². The Morgan fingerprint density at radius 1 is 1.05 bits per heavy atom. The zero-order valence-electron chi connectivity index (χ0n) is 11.7. The highest BCUT2D eigenvalue weighted by atomic mass is 32.1. The summed E-state index contributed by atoms with van der Waals surface area (Å²) >= 11 is 5.15. The highest BCUT2D eigenvalue weighted by molar-refractivity contribution is 7.80. The average Bonchev–Trinajstić information content (AvgIpc) is 2.54. The van der Waals surface area contributed by atoms with Gasteiger partial charge in [0.15, 0.2) is 0 Å². The van der Waals surface area contributed by atoms with Crippen LogP contribution in [0.15, 0.2) is 60.9 Å². The molecule has 0 amide bonds. The van der Waals surface area contributed by atoms with Crippen molar-refractivity contribution in [1.82, 2.24) is 4.98 Å². The van der Waals surface area contributed by atoms with Crippen LogP contribution in [0.3, 0.4) is 0 Å². The summed E-state index contributed by atoms with van der Waals surface area (Å²) in [5.41, 5.74) is 8.86. The number of thiocarbonyl (C=S) groups is 1. The lowest BCUT2D eigenvalue weighted by molar-refractivity contribution is 1.18. The van der Waals surface area contributed by atoms with Crippen LogP contribution in [0.5, 0.6) is 0 Å². The van der Waals surface area contributed by atoms with Gasteiger partial charge in [-0.25, -0.2) is 0 Å². The van der Waals surface area contributed by atoms with Gasteiger partial charge < -0.3 is 10.6 Å². The SMILES string of the molecule is CN(c1cccnc1)c1ccc(C(N)=S)c2ccccc12. The first kappa shape index (κ1) is 13.5. The lowest BCUT2D eigenvalue weighted by atomic mass is 10.0. The van der Waals surface area contributed by atoms with Crippen LogP contribution < -0.4 is 10.6 Å². The lowest BCUT2D eigenvalue weighted by Crippen LogP contribution is -2.13. The van der Waals surface area contributed by atoms with Crippen molar-refractivity contribution in [2.24, 2.45) is 5.73 Å². The van der Waals surface area contributed by atoms with E-state index in [9.17, 15) is 0 Å². The summed E-state index contributed by atoms with van der Waals surface area (Å²) in [4.78, 5) is 6.70. The fourth-order valence-electron chi connectivity index (χ4n) is 2.48. The van der Waals surface area contributed by atoms with Gasteiger partial charge in [-0.2, -0.15) is 0 Å². The van der Waals surface area contributed by atoms with Crippen molar-refractivity contribution in [2.75, 3.05) is 11.9 Å². The molecule has 0 unspecified atom stereocenters. The van der Waals surface area contributed by atoms with E-state index in [-0.39, 0.29) is 0 Å². The second-order valence-electron chi connectivity index (χ2n) is 4.81. The molecule has 1 aromatic heterocycles. The molecule has 2 aromatic carbocycles. The number of nitrogens with zero attached hydrogens (tertiary/aromatic N) is 2. The van der Waals surface area contributed by atoms with Crippen LogP contribution in [0.1, 0.15) is 5.56 Å². The zero-order valence-corrected chi connectivity index (χ0v) is 12.5. The Bertz CT molecular complexity index is 799. The van der Waals surface area contributed by atoms with Crippen molar-refractivity contribution in [1.29, 1.82) is 0 Å². The van der Waals surface area contributed by atoms with Gasteiger partial charge in [-0.15, -0.1) is 0 Å². The van der Waals surface area contributed by atoms with Crippen LogP contribution in [0.25, 0.3) is 10.8 Å². The summed E-state index contributed by atoms with van der Waals surface area (Å²) in [5.74, 6) is 0. The highest BCUT2D eigenvalue weighted by Crippen LogP contribution is 2.32. The maximum absolute atomic E-state index is 5.82. The van der Waals surface area contributed by atoms with Crippen molar-refractivity contribution < 1.29 is 0 Å². The second-order valence-corrected chi connectivity index (χ2v) is 5.25. The fourth-order valence-corrected chi connectivity index (χ4v) is 2.66. The third-order valence-corrected chi connectivity index (χ3v) is 3.78. The third-order valence-electron chi connectivity index (χ3n) is 3.56. The molecule has 1 heterocycles. The van der Waals surface area contributed by atoms with Crippen molar-refractivity contribution in [2.45, 2.75) is 0 Å². The van der Waals surface area contributed by atoms with Crippen LogP contribution in [-0.2, 0) is 0 Å². The van der Waals surface area contributed by atoms with E-state index in [4.69, 9.17) is 18.0 Å². The molecule has 3 nitrogen and oxygen atoms in total. The molecule has 0 aliphatic heterocycles. The Morgan fingerprint density at radius 2 is 1.81 bits per heavy atom. The molecule has 4 heteroatoms. The third kappa shape index (κ3) is 2.45. The fraction of sp³-hybridized carbons (Fsp3) is 0.0588. The molecule has 0 spiro atoms. The molecule has 0 saturated carbocycles. The average molecular weight is 293 g/mol. The van der Waals surface area contributed by atoms with Crippen LogP contribution in [0, 0.1) is 0 Å². The van der Waals surface area contributed by atoms with E-state index < -0.39 is 0 Å². The van der Waals surface area contributed by atoms with E-state index >= 15 is 0 Å². The predicted molar refractivity (Wildman–Crippen MR) is 92.1 cm³/mol. The highest BCUT2D eigenvalue weighted by Gasteiger charge is 2.11. The molecule has 104 valence electrons. The smallest absolute Gasteiger partial charge is 0.104 e. The number of benzene rings is 2. The second kappa shape index (κ2) is 5.50. The van der Waals surface area contributed by atoms with Crippen LogP contribution >= 0.6 is 12.2 Å². The van der Waals surface area contributed by atoms with Crippen LogP contribution in [0.4, 0.5) is 11.4 Å². The Balaban J connectivity index is 2.21. The normalized spacial score (nSPS) is 10.5. The summed E-state index contributed by atoms with van der Waals surface area (Å²) < 4.78 is 0. The summed E-state index contributed by atoms with van der Waals surface area (Å²) in [6, 6.07) is 16.1. The van der Waals surface area contributed by atoms with Crippen molar-refractivity contribution in [3.63, 3.8) is 0 Å². The summed E-state index contributed by atoms with van der Waals surface area (Å²) in [6.45, 7) is 0. The van der Waals surface area contributed by atoms with Gasteiger partial charge in [0.2, 0.25) is 0 Å². The molecular formula is C17H15N3S. The zero-order chi connectivity index (χ0) is 14.8. The minimum absolute atomic E-state index is 0.418. The van der Waals surface area contributed by atoms with Gasteiger partial charge in [0.25, 0.3) is 0 Å². The van der Waals surface area contributed by atoms with Gasteiger partial charge in [-0.3, -0.25) is 4.98 Å². The number of pyridine rings is 1. The van der Waals surface area contributed by atoms with Gasteiger partial charge in [0.1, 0.15) is 4.99 Å². The molecule has 0 aliphatic rings. The quantitative estimate of drug-likeness (QED) is 0.749. The first-order chi connectivity index (χ1) is 10.2. The van der Waals surface area contributed by atoms with Crippen molar-refractivity contribution >= 4 is 39.4 Å². The largest absolute Gasteiger partial charge is 0.389 e. The summed E-state index contributed by atoms with van der Waals surface area (Å²) in [7, 11) is 2.03. The molecule has 3 rings (SSSR count). The molecule has 2 N–H and O–H groups in total. The standard InChI is InChI=1S/C17H15N3S/c1-20(12-5-4-10-19-11-12)16-9-8-15(17(18)21)13-6-2-3-7-14(13)16/h2-11H,1H3,(H2,18,21). The van der Waals surface area contributed by atoms with E-state index in [1.54, 1.807) is 6.20 Å². The number of nitrogens with two attached hydrogens (primary N) is 1. The Hall–Kier alpha value is -2.46. The molecule has 3 aromatic rings. The number of fused-ring (bicyclic) bond motifs is 1. The summed E-state index contributed by atoms with van der Waals surface area (Å²) in [6.07, 6.45) is 3.61. The monoisotopic (exact) mass is 293 g/mol. The molecule has 0 aliphatic carbocycles. The Labute approximate surface area is 129 Å². The van der Waals surface area contributed by atoms with Crippen LogP contribution in [0.2, 0.25) is 0 Å². The van der Waals surface area contributed by atoms with E-state index in [0.717, 1.165) is 27.7 Å². The first-order valence-corrected chi connectivity index (χ1v) is 7.04. The van der Waals surface area contributed by atoms with Crippen molar-refractivity contribution in [3.05, 3.63) is 66.5 Å². The number of hydrogen-bond donors (Lipinski definition) is 1. The maximum Gasteiger partial charge on any atom is 0.104 e. The summed E-state index contributed by atoms with van der Waals surface area (Å²) in [5, 5.41) is 2.19. The maximum atomic E-state index is 5.82. The van der Waals surface area contributed by atoms with Gasteiger partial charge in [0, 0.05) is 29.9 Å². The first-order valence-electron chi connectivity index (χ1n) is 6.64. The number of anilines is 2. The van der Waals surface area contributed by atoms with Gasteiger partial charge in [-0.05, 0) is 29.7 Å². The van der Waals surface area contributed by atoms with Crippen LogP contribution in [-0.4, -0.2) is 17.0 Å². The predicted octanol–water partition coefficient (Wildman–Crippen LogP) is 3.64. The lowest BCUT2D eigenvalue weighted by Gasteiger charge is -2.22. The van der Waals surface area contributed by atoms with Gasteiger partial charge >= 0.3 is 0 Å². The number of aromatic nitrogens is 1. The van der Waals surface area contributed by atoms with Gasteiger partial charge in [0.05, 0.1) is 11.9 Å². The molecule has 0 saturated heterocycles. The molecule has 0 radical (unpaired) electrons. The van der Waals surface area contributed by atoms with Gasteiger partial charge in [-0.1, -0.05) is 36.5 Å². The minimum atomic E-state index is 0.418. The van der Waals surface area contributed by atoms with E-state index in [0.29, 0.717) is 4.99 Å². The number of hydrogen-bond acceptors (Lipinski definition) is 3. The number of rotatable bonds is 3. The molecule has 21 heavy (non-hydrogen) atoms. The van der Waals surface area contributed by atoms with E-state index in [2.05, 4.69) is 16.0 Å². The van der Waals surface area contributed by atoms with Crippen molar-refractivity contribution in [3.8, 4) is 0 Å². The Kier molecular flexibility index (Phi) is 3.54. The Morgan fingerprint density at radius 3 is 2.48 bits per heavy atom. The molecule has 0 atom stereocenters. The molecule has 0 fully saturated rings.